The van der Waals surface area contributed by atoms with Crippen LogP contribution in [0.2, 0.25) is 0 Å². The molecule has 108 valence electrons. The number of rotatable bonds is 2. The topological polar surface area (TPSA) is 47.9 Å². The fourth-order valence-electron chi connectivity index (χ4n) is 1.98. The van der Waals surface area contributed by atoms with Crippen molar-refractivity contribution < 1.29 is 4.39 Å². The Hall–Kier alpha value is -2.36. The first-order chi connectivity index (χ1) is 10.7. The lowest BCUT2D eigenvalue weighted by Gasteiger charge is -2.09. The van der Waals surface area contributed by atoms with Gasteiger partial charge < -0.3 is 10.6 Å². The third kappa shape index (κ3) is 2.82. The molecule has 1 aliphatic rings. The first-order valence-corrected chi connectivity index (χ1v) is 7.65. The second kappa shape index (κ2) is 6.18. The van der Waals surface area contributed by atoms with Gasteiger partial charge in [0, 0.05) is 4.90 Å². The van der Waals surface area contributed by atoms with Crippen LogP contribution in [0.1, 0.15) is 0 Å². The summed E-state index contributed by atoms with van der Waals surface area (Å²) in [4.78, 5) is 1.22. The van der Waals surface area contributed by atoms with Crippen LogP contribution in [-0.4, -0.2) is 4.99 Å². The van der Waals surface area contributed by atoms with Crippen molar-refractivity contribution in [2.45, 2.75) is 4.90 Å². The Kier molecular flexibility index (Phi) is 4.09. The molecule has 0 amide bonds. The van der Waals surface area contributed by atoms with Gasteiger partial charge in [0.05, 0.1) is 16.4 Å². The number of thiocarbonyl (C=S) groups is 1. The van der Waals surface area contributed by atoms with Gasteiger partial charge in [-0.15, -0.1) is 0 Å². The number of nitriles is 1. The number of hydrogen-bond donors (Lipinski definition) is 2. The fourth-order valence-corrected chi connectivity index (χ4v) is 3.31. The Labute approximate surface area is 136 Å². The van der Waals surface area contributed by atoms with E-state index in [9.17, 15) is 9.65 Å². The quantitative estimate of drug-likeness (QED) is 0.482. The monoisotopic (exact) mass is 327 g/mol. The van der Waals surface area contributed by atoms with Gasteiger partial charge in [-0.3, -0.25) is 0 Å². The smallest absolute Gasteiger partial charge is 0.146 e. The predicted octanol–water partition coefficient (Wildman–Crippen LogP) is 4.52. The standard InChI is InChI=1S/C16H10FN3S2/c17-11-5-1-2-6-12(11)19-15(21)10(9-18)16-20-13-7-3-4-8-14(13)22-16/h1-8,20H,(H,19,21)/b16-10+. The van der Waals surface area contributed by atoms with E-state index in [0.29, 0.717) is 10.6 Å². The third-order valence-electron chi connectivity index (χ3n) is 3.04. The minimum atomic E-state index is -0.414. The summed E-state index contributed by atoms with van der Waals surface area (Å²) in [5.41, 5.74) is 1.48. The third-order valence-corrected chi connectivity index (χ3v) is 4.43. The molecule has 2 N–H and O–H groups in total. The Morgan fingerprint density at radius 3 is 2.64 bits per heavy atom. The van der Waals surface area contributed by atoms with Crippen LogP contribution in [0.15, 0.2) is 64.0 Å². The summed E-state index contributed by atoms with van der Waals surface area (Å²) in [6.45, 7) is 0. The largest absolute Gasteiger partial charge is 0.348 e. The molecule has 0 bridgehead atoms. The van der Waals surface area contributed by atoms with Gasteiger partial charge in [0.25, 0.3) is 0 Å². The number of benzene rings is 2. The highest BCUT2D eigenvalue weighted by molar-refractivity contribution is 8.03. The second-order valence-electron chi connectivity index (χ2n) is 4.47. The Morgan fingerprint density at radius 1 is 1.18 bits per heavy atom. The number of nitrogens with one attached hydrogen (secondary N) is 2. The van der Waals surface area contributed by atoms with Crippen molar-refractivity contribution in [3.05, 3.63) is 65.0 Å². The van der Waals surface area contributed by atoms with Crippen molar-refractivity contribution in [1.82, 2.24) is 0 Å². The Bertz CT molecular complexity index is 797. The normalized spacial score (nSPS) is 14.5. The highest BCUT2D eigenvalue weighted by Crippen LogP contribution is 2.42. The fraction of sp³-hybridized carbons (Fsp3) is 0. The number of anilines is 2. The lowest BCUT2D eigenvalue weighted by atomic mass is 10.2. The van der Waals surface area contributed by atoms with E-state index in [1.807, 2.05) is 24.3 Å². The van der Waals surface area contributed by atoms with Crippen LogP contribution in [0.25, 0.3) is 0 Å². The molecule has 2 aromatic rings. The summed E-state index contributed by atoms with van der Waals surface area (Å²) in [5.74, 6) is -0.414. The molecule has 0 aromatic heterocycles. The van der Waals surface area contributed by atoms with E-state index in [0.717, 1.165) is 10.6 Å². The molecule has 0 atom stereocenters. The summed E-state index contributed by atoms with van der Waals surface area (Å²) in [5, 5.41) is 16.0. The molecule has 1 heterocycles. The lowest BCUT2D eigenvalue weighted by molar-refractivity contribution is 0.632. The molecule has 0 saturated heterocycles. The average Bonchev–Trinajstić information content (AvgIpc) is 2.94. The summed E-state index contributed by atoms with van der Waals surface area (Å²) in [6, 6.07) is 16.0. The average molecular weight is 327 g/mol. The number of fused-ring (bicyclic) bond motifs is 1. The van der Waals surface area contributed by atoms with Gasteiger partial charge in [-0.2, -0.15) is 5.26 Å². The molecule has 2 aromatic carbocycles. The minimum absolute atomic E-state index is 0.190. The molecule has 0 unspecified atom stereocenters. The molecule has 6 heteroatoms. The molecule has 0 aliphatic carbocycles. The maximum Gasteiger partial charge on any atom is 0.146 e. The van der Waals surface area contributed by atoms with Gasteiger partial charge in [0.15, 0.2) is 0 Å². The number of thioether (sulfide) groups is 1. The molecular formula is C16H10FN3S2. The maximum atomic E-state index is 13.7. The molecule has 0 radical (unpaired) electrons. The van der Waals surface area contributed by atoms with Crippen LogP contribution < -0.4 is 10.6 Å². The Balaban J connectivity index is 1.87. The molecule has 0 saturated carbocycles. The Morgan fingerprint density at radius 2 is 1.91 bits per heavy atom. The number of nitrogens with zero attached hydrogens (tertiary/aromatic N) is 1. The first kappa shape index (κ1) is 14.6. The summed E-state index contributed by atoms with van der Waals surface area (Å²) in [6.07, 6.45) is 0. The van der Waals surface area contributed by atoms with Crippen LogP contribution in [0.5, 0.6) is 0 Å². The van der Waals surface area contributed by atoms with Gasteiger partial charge in [-0.25, -0.2) is 4.39 Å². The van der Waals surface area contributed by atoms with Gasteiger partial charge in [0.2, 0.25) is 0 Å². The first-order valence-electron chi connectivity index (χ1n) is 6.43. The van der Waals surface area contributed by atoms with Gasteiger partial charge in [-0.05, 0) is 24.3 Å². The van der Waals surface area contributed by atoms with Crippen molar-refractivity contribution in [2.75, 3.05) is 10.6 Å². The maximum absolute atomic E-state index is 13.7. The SMILES string of the molecule is N#C/C(C(=S)Nc1ccccc1F)=C1/Nc2ccccc2S1. The van der Waals surface area contributed by atoms with E-state index in [1.165, 1.54) is 17.8 Å². The van der Waals surface area contributed by atoms with Crippen molar-refractivity contribution in [3.8, 4) is 6.07 Å². The summed E-state index contributed by atoms with van der Waals surface area (Å²) < 4.78 is 13.7. The van der Waals surface area contributed by atoms with E-state index < -0.39 is 5.82 Å². The summed E-state index contributed by atoms with van der Waals surface area (Å²) in [7, 11) is 0. The van der Waals surface area contributed by atoms with E-state index in [4.69, 9.17) is 12.2 Å². The predicted molar refractivity (Wildman–Crippen MR) is 91.2 cm³/mol. The molecular weight excluding hydrogens is 317 g/mol. The second-order valence-corrected chi connectivity index (χ2v) is 5.93. The number of hydrogen-bond acceptors (Lipinski definition) is 4. The van der Waals surface area contributed by atoms with Gasteiger partial charge in [0.1, 0.15) is 22.4 Å². The molecule has 3 nitrogen and oxygen atoms in total. The molecule has 1 aliphatic heterocycles. The molecule has 22 heavy (non-hydrogen) atoms. The van der Waals surface area contributed by atoms with Crippen LogP contribution >= 0.6 is 24.0 Å². The molecule has 3 rings (SSSR count). The van der Waals surface area contributed by atoms with Crippen LogP contribution in [-0.2, 0) is 0 Å². The number of para-hydroxylation sites is 2. The molecule has 0 spiro atoms. The van der Waals surface area contributed by atoms with Crippen molar-refractivity contribution in [3.63, 3.8) is 0 Å². The van der Waals surface area contributed by atoms with E-state index >= 15 is 0 Å². The summed E-state index contributed by atoms with van der Waals surface area (Å²) >= 11 is 6.69. The van der Waals surface area contributed by atoms with Crippen LogP contribution in [0.3, 0.4) is 0 Å². The van der Waals surface area contributed by atoms with Crippen molar-refractivity contribution in [1.29, 1.82) is 5.26 Å². The zero-order valence-corrected chi connectivity index (χ0v) is 12.9. The van der Waals surface area contributed by atoms with Crippen molar-refractivity contribution in [2.24, 2.45) is 0 Å². The van der Waals surface area contributed by atoms with E-state index in [-0.39, 0.29) is 10.7 Å². The van der Waals surface area contributed by atoms with E-state index in [1.54, 1.807) is 18.2 Å². The van der Waals surface area contributed by atoms with Gasteiger partial charge >= 0.3 is 0 Å². The van der Waals surface area contributed by atoms with Crippen molar-refractivity contribution >= 4 is 40.3 Å². The van der Waals surface area contributed by atoms with Gasteiger partial charge in [-0.1, -0.05) is 48.2 Å². The van der Waals surface area contributed by atoms with Crippen LogP contribution in [0, 0.1) is 17.1 Å². The number of halogens is 1. The van der Waals surface area contributed by atoms with Crippen LogP contribution in [0.4, 0.5) is 15.8 Å². The minimum Gasteiger partial charge on any atom is -0.348 e. The molecule has 0 fully saturated rings. The van der Waals surface area contributed by atoms with E-state index in [2.05, 4.69) is 16.7 Å². The zero-order chi connectivity index (χ0) is 15.5. The highest BCUT2D eigenvalue weighted by atomic mass is 32.2. The highest BCUT2D eigenvalue weighted by Gasteiger charge is 2.21. The lowest BCUT2D eigenvalue weighted by Crippen LogP contribution is -2.14. The zero-order valence-electron chi connectivity index (χ0n) is 11.3.